The van der Waals surface area contributed by atoms with Crippen molar-refractivity contribution in [2.45, 2.75) is 154 Å². The average Bonchev–Trinajstić information content (AvgIpc) is 3.35. The Morgan fingerprint density at radius 3 is 1.25 bits per heavy atom. The molecule has 27 nitrogen and oxygen atoms in total. The number of carbonyl (C=O) groups is 13. The highest BCUT2D eigenvalue weighted by atomic mass is 16.4. The van der Waals surface area contributed by atoms with Gasteiger partial charge >= 0.3 is 17.9 Å². The first-order valence-corrected chi connectivity index (χ1v) is 25.4. The van der Waals surface area contributed by atoms with E-state index in [-0.39, 0.29) is 37.5 Å². The molecule has 10 amide bonds. The Morgan fingerprint density at radius 1 is 0.456 bits per heavy atom. The third-order valence-electron chi connectivity index (χ3n) is 11.7. The van der Waals surface area contributed by atoms with Gasteiger partial charge in [-0.15, -0.1) is 0 Å². The second-order valence-corrected chi connectivity index (χ2v) is 19.6. The number of hydrogen-bond donors (Lipinski definition) is 14. The normalized spacial score (nSPS) is 14.4. The van der Waals surface area contributed by atoms with Crippen molar-refractivity contribution in [1.29, 1.82) is 0 Å². The van der Waals surface area contributed by atoms with Crippen molar-refractivity contribution in [1.82, 2.24) is 47.9 Å². The Hall–Kier alpha value is -8.49. The topological polar surface area (TPSA) is 437 Å². The number of nitrogens with two attached hydrogens (primary N) is 1. The molecule has 27 heteroatoms. The fourth-order valence-corrected chi connectivity index (χ4v) is 7.78. The number of carboxylic acid groups (broad SMARTS) is 3. The van der Waals surface area contributed by atoms with Crippen LogP contribution in [0.1, 0.15) is 97.6 Å². The number of aliphatic hydroxyl groups is 1. The van der Waals surface area contributed by atoms with E-state index in [0.29, 0.717) is 11.1 Å². The second kappa shape index (κ2) is 33.6. The van der Waals surface area contributed by atoms with Crippen LogP contribution in [0.25, 0.3) is 0 Å². The minimum absolute atomic E-state index is 0.0408. The molecule has 0 bridgehead atoms. The minimum atomic E-state index is -1.91. The summed E-state index contributed by atoms with van der Waals surface area (Å²) in [6.45, 7) is 8.42. The fraction of sp³-hybridized carbons (Fsp3) is 0.519. The summed E-state index contributed by atoms with van der Waals surface area (Å²) in [4.78, 5) is 168. The van der Waals surface area contributed by atoms with Crippen LogP contribution >= 0.6 is 0 Å². The van der Waals surface area contributed by atoms with E-state index in [4.69, 9.17) is 5.73 Å². The summed E-state index contributed by atoms with van der Waals surface area (Å²) in [5, 5.41) is 60.3. The first kappa shape index (κ1) is 66.6. The molecule has 2 aromatic rings. The van der Waals surface area contributed by atoms with E-state index in [9.17, 15) is 82.8 Å². The Morgan fingerprint density at radius 2 is 0.835 bits per heavy atom. The van der Waals surface area contributed by atoms with Gasteiger partial charge in [0.15, 0.2) is 0 Å². The zero-order valence-electron chi connectivity index (χ0n) is 44.9. The van der Waals surface area contributed by atoms with Gasteiger partial charge < -0.3 is 74.0 Å². The lowest BCUT2D eigenvalue weighted by Gasteiger charge is -2.27. The predicted octanol–water partition coefficient (Wildman–Crippen LogP) is -2.35. The summed E-state index contributed by atoms with van der Waals surface area (Å²) in [6.07, 6.45) is -5.65. The zero-order valence-corrected chi connectivity index (χ0v) is 44.9. The van der Waals surface area contributed by atoms with E-state index in [1.54, 1.807) is 74.5 Å². The molecule has 9 atom stereocenters. The van der Waals surface area contributed by atoms with Crippen molar-refractivity contribution in [3.63, 3.8) is 0 Å². The molecule has 0 aliphatic carbocycles. The molecule has 2 rings (SSSR count). The molecule has 79 heavy (non-hydrogen) atoms. The molecular formula is C52H74N10O17. The summed E-state index contributed by atoms with van der Waals surface area (Å²) in [6, 6.07) is 4.50. The van der Waals surface area contributed by atoms with Gasteiger partial charge in [0.05, 0.1) is 19.1 Å². The number of hydrogen-bond acceptors (Lipinski definition) is 14. The lowest BCUT2D eigenvalue weighted by molar-refractivity contribution is -0.142. The van der Waals surface area contributed by atoms with Crippen LogP contribution in [-0.4, -0.2) is 158 Å². The van der Waals surface area contributed by atoms with Gasteiger partial charge in [-0.05, 0) is 55.6 Å². The van der Waals surface area contributed by atoms with Crippen molar-refractivity contribution in [3.05, 3.63) is 71.8 Å². The smallest absolute Gasteiger partial charge is 0.305 e. The predicted molar refractivity (Wildman–Crippen MR) is 280 cm³/mol. The van der Waals surface area contributed by atoms with Gasteiger partial charge in [-0.2, -0.15) is 0 Å². The summed E-state index contributed by atoms with van der Waals surface area (Å²) in [5.74, 6) is -14.7. The molecule has 0 aliphatic rings. The van der Waals surface area contributed by atoms with Crippen LogP contribution in [0.4, 0.5) is 0 Å². The third kappa shape index (κ3) is 25.9. The molecule has 2 aromatic carbocycles. The monoisotopic (exact) mass is 1110 g/mol. The second-order valence-electron chi connectivity index (χ2n) is 19.6. The first-order valence-electron chi connectivity index (χ1n) is 25.4. The molecule has 0 saturated carbocycles. The van der Waals surface area contributed by atoms with Gasteiger partial charge in [0, 0.05) is 32.6 Å². The summed E-state index contributed by atoms with van der Waals surface area (Å²) < 4.78 is 0. The van der Waals surface area contributed by atoms with Crippen LogP contribution in [0.5, 0.6) is 0 Å². The highest BCUT2D eigenvalue weighted by Crippen LogP contribution is 2.12. The Kier molecular flexibility index (Phi) is 28.4. The molecular weight excluding hydrogens is 1040 g/mol. The number of primary amides is 1. The van der Waals surface area contributed by atoms with E-state index in [0.717, 1.165) is 13.8 Å². The molecule has 0 heterocycles. The van der Waals surface area contributed by atoms with E-state index in [1.165, 1.54) is 0 Å². The number of benzene rings is 2. The van der Waals surface area contributed by atoms with Crippen molar-refractivity contribution in [2.24, 2.45) is 17.6 Å². The number of aliphatic carboxylic acids is 3. The van der Waals surface area contributed by atoms with Crippen LogP contribution < -0.4 is 53.6 Å². The van der Waals surface area contributed by atoms with Crippen LogP contribution in [0.2, 0.25) is 0 Å². The van der Waals surface area contributed by atoms with Crippen LogP contribution in [0, 0.1) is 11.8 Å². The van der Waals surface area contributed by atoms with Crippen molar-refractivity contribution in [3.8, 4) is 0 Å². The van der Waals surface area contributed by atoms with Gasteiger partial charge in [-0.25, -0.2) is 0 Å². The highest BCUT2D eigenvalue weighted by Gasteiger charge is 2.36. The van der Waals surface area contributed by atoms with Crippen LogP contribution in [0.15, 0.2) is 60.7 Å². The first-order chi connectivity index (χ1) is 37.1. The largest absolute Gasteiger partial charge is 0.481 e. The van der Waals surface area contributed by atoms with Crippen molar-refractivity contribution < 1.29 is 82.8 Å². The molecule has 0 aliphatic heterocycles. The van der Waals surface area contributed by atoms with Gasteiger partial charge in [-0.1, -0.05) is 88.4 Å². The Labute approximate surface area is 456 Å². The molecule has 0 radical (unpaired) electrons. The Balaban J connectivity index is 2.36. The molecule has 0 saturated heterocycles. The molecule has 0 spiro atoms. The van der Waals surface area contributed by atoms with Gasteiger partial charge in [-0.3, -0.25) is 62.3 Å². The fourth-order valence-electron chi connectivity index (χ4n) is 7.78. The maximum absolute atomic E-state index is 14.1. The minimum Gasteiger partial charge on any atom is -0.481 e. The third-order valence-corrected chi connectivity index (χ3v) is 11.7. The number of carbonyl (C=O) groups excluding carboxylic acids is 10. The maximum atomic E-state index is 14.1. The maximum Gasteiger partial charge on any atom is 0.305 e. The van der Waals surface area contributed by atoms with Crippen LogP contribution in [-0.2, 0) is 75.2 Å². The number of aliphatic hydroxyl groups excluding tert-OH is 1. The van der Waals surface area contributed by atoms with Crippen molar-refractivity contribution in [2.75, 3.05) is 6.54 Å². The molecule has 0 aromatic heterocycles. The number of nitrogens with one attached hydrogen (secondary N) is 9. The summed E-state index contributed by atoms with van der Waals surface area (Å²) in [7, 11) is 0. The van der Waals surface area contributed by atoms with E-state index in [1.807, 2.05) is 13.8 Å². The molecule has 0 fully saturated rings. The number of amides is 10. The quantitative estimate of drug-likeness (QED) is 0.0344. The van der Waals surface area contributed by atoms with Gasteiger partial charge in [0.1, 0.15) is 48.3 Å². The molecule has 434 valence electrons. The number of rotatable bonds is 35. The van der Waals surface area contributed by atoms with Gasteiger partial charge in [0.25, 0.3) is 0 Å². The lowest BCUT2D eigenvalue weighted by atomic mass is 10.0. The summed E-state index contributed by atoms with van der Waals surface area (Å²) in [5.41, 5.74) is 6.79. The summed E-state index contributed by atoms with van der Waals surface area (Å²) >= 11 is 0. The highest BCUT2D eigenvalue weighted by molar-refractivity contribution is 5.99. The Bertz CT molecular complexity index is 2460. The van der Waals surface area contributed by atoms with Crippen molar-refractivity contribution >= 4 is 77.0 Å². The van der Waals surface area contributed by atoms with E-state index >= 15 is 0 Å². The SMILES string of the molecule is CC(=O)N[C@@H](CC(C)C)C(=O)N[C@@H](CC(=O)O)C(=O)N[C@@H](CCC(=O)O)C(=O)N[C@@H](CCC(=O)O)C(=O)N[C@H](C(=O)NCC(=O)N[C@@H](Cc1ccccc1)C(=O)N[C@@H](Cc1ccccc1)C(=O)N[C@@H](CC(C)C)C(N)=O)[C@@H](C)O. The zero-order chi connectivity index (χ0) is 59.5. The number of carboxylic acids is 3. The molecule has 0 unspecified atom stereocenters. The standard InChI is InChI=1S/C52H74N10O17/c1-27(2)21-35(45(53)72)59-50(77)38(24-32-15-11-8-12-16-32)60-49(76)37(23-31-13-9-7-10-14-31)56-40(65)26-54-52(79)44(29(5)63)62-47(74)34(18-20-42(68)69)57-46(73)33(17-19-41(66)67)58-51(78)39(25-43(70)71)61-48(75)36(22-28(3)4)55-30(6)64/h7-16,27-29,33-39,44,63H,17-26H2,1-6H3,(H2,53,72)(H,54,79)(H,55,64)(H,56,65)(H,57,73)(H,58,78)(H,59,77)(H,60,76)(H,61,75)(H,62,74)(H,66,67)(H,68,69)(H,70,71)/t29-,33+,34+,35+,36+,37+,38+,39+,44+/m1/s1. The average molecular weight is 1110 g/mol. The molecule has 15 N–H and O–H groups in total. The lowest BCUT2D eigenvalue weighted by Crippen LogP contribution is -2.61. The van der Waals surface area contributed by atoms with Crippen LogP contribution in [0.3, 0.4) is 0 Å². The van der Waals surface area contributed by atoms with Gasteiger partial charge in [0.2, 0.25) is 59.1 Å². The van der Waals surface area contributed by atoms with E-state index in [2.05, 4.69) is 47.9 Å². The van der Waals surface area contributed by atoms with E-state index < -0.39 is 170 Å².